The number of rotatable bonds is 34. The van der Waals surface area contributed by atoms with Crippen molar-refractivity contribution in [2.75, 3.05) is 130 Å². The zero-order valence-electron chi connectivity index (χ0n) is 36.9. The topological polar surface area (TPSA) is 144 Å². The highest BCUT2D eigenvalue weighted by atomic mass is 35.5. The van der Waals surface area contributed by atoms with Crippen LogP contribution < -0.4 is 17.3 Å². The molecule has 4 rings (SSSR count). The van der Waals surface area contributed by atoms with Crippen molar-refractivity contribution in [2.45, 2.75) is 44.9 Å². The van der Waals surface area contributed by atoms with Gasteiger partial charge in [-0.15, -0.1) is 0 Å². The van der Waals surface area contributed by atoms with E-state index in [1.165, 1.54) is 33.9 Å². The molecule has 0 radical (unpaired) electrons. The second kappa shape index (κ2) is 29.4. The molecule has 0 spiro atoms. The molecule has 0 unspecified atom stereocenters. The maximum absolute atomic E-state index is 10.5. The second-order valence-electron chi connectivity index (χ2n) is 15.3. The number of benzene rings is 2. The molecular formula is C47H67ClN2O12. The maximum Gasteiger partial charge on any atom is 0.305 e. The minimum absolute atomic E-state index is 0. The summed E-state index contributed by atoms with van der Waals surface area (Å²) in [4.78, 5) is 23.0. The summed E-state index contributed by atoms with van der Waals surface area (Å²) in [5.74, 6) is -0.874. The van der Waals surface area contributed by atoms with Gasteiger partial charge in [0.1, 0.15) is 13.2 Å². The van der Waals surface area contributed by atoms with Gasteiger partial charge in [-0.05, 0) is 31.6 Å². The predicted molar refractivity (Wildman–Crippen MR) is 233 cm³/mol. The summed E-state index contributed by atoms with van der Waals surface area (Å²) < 4.78 is 51.7. The molecule has 2 aliphatic heterocycles. The molecule has 0 amide bonds. The van der Waals surface area contributed by atoms with Crippen LogP contribution in [0.5, 0.6) is 0 Å². The number of carbonyl (C=O) groups excluding carboxylic acids is 1. The Labute approximate surface area is 373 Å². The van der Waals surface area contributed by atoms with Gasteiger partial charge < -0.3 is 65.0 Å². The zero-order chi connectivity index (χ0) is 43.6. The van der Waals surface area contributed by atoms with E-state index in [0.29, 0.717) is 119 Å². The number of fused-ring (bicyclic) bond motifs is 2. The quantitative estimate of drug-likeness (QED) is 0.0477. The van der Waals surface area contributed by atoms with Crippen molar-refractivity contribution < 1.29 is 74.3 Å². The number of hydrogen-bond donors (Lipinski definition) is 1. The number of halogens is 1. The third-order valence-corrected chi connectivity index (χ3v) is 10.4. The van der Waals surface area contributed by atoms with Gasteiger partial charge in [0.25, 0.3) is 6.47 Å². The lowest BCUT2D eigenvalue weighted by Crippen LogP contribution is -3.00. The van der Waals surface area contributed by atoms with Crippen LogP contribution in [-0.2, 0) is 63.1 Å². The number of nitrogens with zero attached hydrogens (tertiary/aromatic N) is 2. The average Bonchev–Trinajstić information content (AvgIpc) is 3.60. The minimum Gasteiger partial charge on any atom is -1.00 e. The highest BCUT2D eigenvalue weighted by Crippen LogP contribution is 2.47. The van der Waals surface area contributed by atoms with E-state index in [-0.39, 0.29) is 42.9 Å². The Hall–Kier alpha value is -3.96. The van der Waals surface area contributed by atoms with Crippen LogP contribution in [0.4, 0.5) is 11.4 Å². The highest BCUT2D eigenvalue weighted by molar-refractivity contribution is 6.03. The Morgan fingerprint density at radius 1 is 0.613 bits per heavy atom. The van der Waals surface area contributed by atoms with Gasteiger partial charge >= 0.3 is 5.97 Å². The number of aliphatic carboxylic acids is 1. The van der Waals surface area contributed by atoms with Gasteiger partial charge in [-0.2, -0.15) is 4.58 Å². The smallest absolute Gasteiger partial charge is 0.305 e. The first kappa shape index (κ1) is 52.4. The number of carbonyl (C=O) groups is 2. The number of anilines is 1. The summed E-state index contributed by atoms with van der Waals surface area (Å²) >= 11 is 0. The Morgan fingerprint density at radius 2 is 1.11 bits per heavy atom. The van der Waals surface area contributed by atoms with Crippen LogP contribution >= 0.6 is 0 Å². The number of para-hydroxylation sites is 2. The molecule has 2 aromatic rings. The predicted octanol–water partition coefficient (Wildman–Crippen LogP) is 2.64. The molecule has 0 aromatic heterocycles. The van der Waals surface area contributed by atoms with Crippen molar-refractivity contribution in [2.24, 2.45) is 0 Å². The van der Waals surface area contributed by atoms with Crippen LogP contribution in [0, 0.1) is 0 Å². The fraction of sp³-hybridized carbons (Fsp3) is 0.553. The van der Waals surface area contributed by atoms with Gasteiger partial charge in [-0.25, -0.2) is 0 Å². The molecule has 14 nitrogen and oxygen atoms in total. The molecule has 0 bridgehead atoms. The molecule has 0 aliphatic carbocycles. The van der Waals surface area contributed by atoms with Crippen molar-refractivity contribution >= 4 is 29.5 Å². The van der Waals surface area contributed by atoms with E-state index in [1.54, 1.807) is 0 Å². The lowest BCUT2D eigenvalue weighted by molar-refractivity contribution is -0.442. The minimum atomic E-state index is -0.874. The number of hydrogen-bond acceptors (Lipinski definition) is 12. The number of ether oxygens (including phenoxy) is 9. The van der Waals surface area contributed by atoms with Gasteiger partial charge in [0.05, 0.1) is 111 Å². The maximum atomic E-state index is 10.5. The first-order chi connectivity index (χ1) is 29.7. The largest absolute Gasteiger partial charge is 1.00 e. The second-order valence-corrected chi connectivity index (χ2v) is 15.3. The van der Waals surface area contributed by atoms with Gasteiger partial charge in [0, 0.05) is 41.1 Å². The fourth-order valence-electron chi connectivity index (χ4n) is 7.27. The van der Waals surface area contributed by atoms with Crippen molar-refractivity contribution in [1.29, 1.82) is 0 Å². The Kier molecular flexibility index (Phi) is 24.9. The first-order valence-electron chi connectivity index (χ1n) is 21.3. The van der Waals surface area contributed by atoms with Crippen LogP contribution in [0.3, 0.4) is 0 Å². The van der Waals surface area contributed by atoms with E-state index in [1.807, 2.05) is 0 Å². The van der Waals surface area contributed by atoms with Crippen molar-refractivity contribution in [3.05, 3.63) is 95.7 Å². The number of carboxylic acids is 1. The van der Waals surface area contributed by atoms with E-state index in [2.05, 4.69) is 121 Å². The first-order valence-corrected chi connectivity index (χ1v) is 21.3. The fourth-order valence-corrected chi connectivity index (χ4v) is 7.27. The average molecular weight is 888 g/mol. The molecule has 2 aliphatic rings. The molecule has 0 atom stereocenters. The monoisotopic (exact) mass is 886 g/mol. The van der Waals surface area contributed by atoms with E-state index in [0.717, 1.165) is 0 Å². The molecule has 0 saturated heterocycles. The summed E-state index contributed by atoms with van der Waals surface area (Å²) in [5, 5.41) is 8.64. The normalized spacial score (nSPS) is 15.7. The Morgan fingerprint density at radius 3 is 1.69 bits per heavy atom. The molecule has 15 heteroatoms. The SMILES string of the molecule is CC1(C)C(=CC=CC=CC2=[N+](CCOCCOCCOCCOCCC(=O)O)c3ccccc3C2(C)C)N(CCOCCOCCOCCOCCOC=O)c2ccccc21.[Cl-]. The third kappa shape index (κ3) is 17.0. The highest BCUT2D eigenvalue weighted by Gasteiger charge is 2.44. The molecule has 344 valence electrons. The van der Waals surface area contributed by atoms with Gasteiger partial charge in [-0.3, -0.25) is 9.59 Å². The molecule has 0 saturated carbocycles. The van der Waals surface area contributed by atoms with Crippen LogP contribution in [-0.4, -0.2) is 153 Å². The van der Waals surface area contributed by atoms with Crippen LogP contribution in [0.25, 0.3) is 0 Å². The van der Waals surface area contributed by atoms with Crippen LogP contribution in [0.2, 0.25) is 0 Å². The van der Waals surface area contributed by atoms with Gasteiger partial charge in [0.2, 0.25) is 5.69 Å². The summed E-state index contributed by atoms with van der Waals surface area (Å²) in [6, 6.07) is 17.2. The van der Waals surface area contributed by atoms with E-state index in [9.17, 15) is 9.59 Å². The van der Waals surface area contributed by atoms with E-state index >= 15 is 0 Å². The summed E-state index contributed by atoms with van der Waals surface area (Å²) in [5.41, 5.74) is 7.05. The summed E-state index contributed by atoms with van der Waals surface area (Å²) in [6.07, 6.45) is 10.8. The zero-order valence-corrected chi connectivity index (χ0v) is 37.7. The molecular weight excluding hydrogens is 820 g/mol. The van der Waals surface area contributed by atoms with E-state index < -0.39 is 5.97 Å². The van der Waals surface area contributed by atoms with Crippen molar-refractivity contribution in [3.8, 4) is 0 Å². The summed E-state index contributed by atoms with van der Waals surface area (Å²) in [7, 11) is 0. The van der Waals surface area contributed by atoms with Crippen LogP contribution in [0.1, 0.15) is 45.2 Å². The molecule has 2 aromatic carbocycles. The number of allylic oxidation sites excluding steroid dienone is 6. The molecule has 2 heterocycles. The lowest BCUT2D eigenvalue weighted by Gasteiger charge is -2.27. The Balaban J connectivity index is 0.0000102. The molecule has 62 heavy (non-hydrogen) atoms. The summed E-state index contributed by atoms with van der Waals surface area (Å²) in [6.45, 7) is 18.2. The van der Waals surface area contributed by atoms with E-state index in [4.69, 9.17) is 43.0 Å². The van der Waals surface area contributed by atoms with Crippen molar-refractivity contribution in [3.63, 3.8) is 0 Å². The van der Waals surface area contributed by atoms with Crippen molar-refractivity contribution in [1.82, 2.24) is 0 Å². The van der Waals surface area contributed by atoms with Gasteiger partial charge in [0.15, 0.2) is 12.3 Å². The van der Waals surface area contributed by atoms with Gasteiger partial charge in [-0.1, -0.05) is 68.5 Å². The van der Waals surface area contributed by atoms with Crippen LogP contribution in [0.15, 0.2) is 84.6 Å². The number of carboxylic acid groups (broad SMARTS) is 1. The lowest BCUT2D eigenvalue weighted by atomic mass is 9.81. The molecule has 0 fully saturated rings. The third-order valence-electron chi connectivity index (χ3n) is 10.4. The Bertz CT molecular complexity index is 1740. The molecule has 1 N–H and O–H groups in total. The standard InChI is InChI=1S/C47H66N2O12.ClH/c1-46(2)39-12-8-10-14-41(39)48(19-22-54-25-28-57-31-30-56-27-24-53-21-18-45(51)52)43(46)16-6-5-7-17-44-47(3,4)40-13-9-11-15-42(40)49(44)20-23-55-26-29-58-32-33-59-34-35-60-36-37-61-38-50;/h5-17,38H,18-37H2,1-4H3;1H.